The molecule has 0 aliphatic heterocycles. The van der Waals surface area contributed by atoms with Crippen molar-refractivity contribution in [1.82, 2.24) is 0 Å². The first-order chi connectivity index (χ1) is 7.69. The molecule has 0 saturated heterocycles. The Bertz CT molecular complexity index is 329. The molecule has 1 aromatic rings. The fraction of sp³-hybridized carbons (Fsp3) is 0.500. The molecule has 16 heavy (non-hydrogen) atoms. The molecule has 0 aliphatic carbocycles. The normalized spacial score (nSPS) is 12.4. The summed E-state index contributed by atoms with van der Waals surface area (Å²) >= 11 is 1.72. The van der Waals surface area contributed by atoms with Crippen LogP contribution in [0.3, 0.4) is 0 Å². The monoisotopic (exact) mass is 236 g/mol. The van der Waals surface area contributed by atoms with Gasteiger partial charge in [-0.05, 0) is 24.2 Å². The molecule has 0 spiro atoms. The van der Waals surface area contributed by atoms with Gasteiger partial charge in [-0.3, -0.25) is 4.79 Å². The maximum atomic E-state index is 11.7. The van der Waals surface area contributed by atoms with E-state index >= 15 is 0 Å². The molecule has 1 nitrogen and oxygen atoms in total. The first-order valence-corrected chi connectivity index (χ1v) is 7.20. The number of Topliss-reactive ketones (excluding diaryl/α,β-unsaturated/α-hetero) is 1. The van der Waals surface area contributed by atoms with E-state index in [1.54, 1.807) is 11.8 Å². The predicted molar refractivity (Wildman–Crippen MR) is 72.5 cm³/mol. The molecule has 0 saturated carbocycles. The number of hydrogen-bond donors (Lipinski definition) is 0. The van der Waals surface area contributed by atoms with Crippen molar-refractivity contribution in [3.63, 3.8) is 0 Å². The molecule has 1 unspecified atom stereocenters. The Morgan fingerprint density at radius 1 is 1.31 bits per heavy atom. The number of rotatable bonds is 6. The molecule has 0 radical (unpaired) electrons. The van der Waals surface area contributed by atoms with Crippen LogP contribution in [0.25, 0.3) is 0 Å². The Labute approximate surface area is 103 Å². The van der Waals surface area contributed by atoms with Gasteiger partial charge in [0, 0.05) is 17.7 Å². The molecular formula is C14H20OS. The molecule has 0 heterocycles. The van der Waals surface area contributed by atoms with Crippen molar-refractivity contribution in [2.24, 2.45) is 0 Å². The van der Waals surface area contributed by atoms with E-state index < -0.39 is 0 Å². The van der Waals surface area contributed by atoms with Crippen molar-refractivity contribution in [2.75, 3.05) is 12.0 Å². The van der Waals surface area contributed by atoms with Gasteiger partial charge in [0.15, 0.2) is 5.78 Å². The van der Waals surface area contributed by atoms with Crippen molar-refractivity contribution >= 4 is 17.5 Å². The molecule has 0 aliphatic rings. The van der Waals surface area contributed by atoms with Gasteiger partial charge in [-0.25, -0.2) is 0 Å². The van der Waals surface area contributed by atoms with Crippen molar-refractivity contribution in [1.29, 1.82) is 0 Å². The number of benzene rings is 1. The van der Waals surface area contributed by atoms with Crippen LogP contribution in [0, 0.1) is 0 Å². The summed E-state index contributed by atoms with van der Waals surface area (Å²) in [5.41, 5.74) is 2.17. The average molecular weight is 236 g/mol. The third-order valence-electron chi connectivity index (χ3n) is 2.95. The second kappa shape index (κ2) is 6.74. The highest BCUT2D eigenvalue weighted by Gasteiger charge is 2.07. The van der Waals surface area contributed by atoms with E-state index in [4.69, 9.17) is 0 Å². The Balaban J connectivity index is 2.67. The largest absolute Gasteiger partial charge is 0.294 e. The van der Waals surface area contributed by atoms with Crippen molar-refractivity contribution in [2.45, 2.75) is 32.6 Å². The summed E-state index contributed by atoms with van der Waals surface area (Å²) in [5, 5.41) is 0. The highest BCUT2D eigenvalue weighted by atomic mass is 32.2. The summed E-state index contributed by atoms with van der Waals surface area (Å²) in [4.78, 5) is 11.7. The minimum absolute atomic E-state index is 0.255. The summed E-state index contributed by atoms with van der Waals surface area (Å²) in [7, 11) is 0. The van der Waals surface area contributed by atoms with Crippen LogP contribution < -0.4 is 0 Å². The summed E-state index contributed by atoms with van der Waals surface area (Å²) < 4.78 is 0. The number of ketones is 1. The van der Waals surface area contributed by atoms with E-state index in [9.17, 15) is 4.79 Å². The van der Waals surface area contributed by atoms with Gasteiger partial charge in [-0.1, -0.05) is 38.1 Å². The molecule has 0 aromatic heterocycles. The zero-order valence-corrected chi connectivity index (χ0v) is 11.1. The van der Waals surface area contributed by atoms with Crippen molar-refractivity contribution in [3.05, 3.63) is 35.4 Å². The third-order valence-corrected chi connectivity index (χ3v) is 3.56. The van der Waals surface area contributed by atoms with Gasteiger partial charge in [-0.15, -0.1) is 0 Å². The minimum Gasteiger partial charge on any atom is -0.294 e. The number of thioether (sulfide) groups is 1. The second-order valence-electron chi connectivity index (χ2n) is 4.10. The van der Waals surface area contributed by atoms with E-state index in [-0.39, 0.29) is 5.78 Å². The van der Waals surface area contributed by atoms with Gasteiger partial charge in [-0.2, -0.15) is 11.8 Å². The van der Waals surface area contributed by atoms with Gasteiger partial charge in [0.25, 0.3) is 0 Å². The van der Waals surface area contributed by atoms with Gasteiger partial charge in [0.05, 0.1) is 0 Å². The van der Waals surface area contributed by atoms with Gasteiger partial charge >= 0.3 is 0 Å². The molecular weight excluding hydrogens is 216 g/mol. The third kappa shape index (κ3) is 3.67. The Morgan fingerprint density at radius 3 is 2.44 bits per heavy atom. The van der Waals surface area contributed by atoms with Crippen molar-refractivity contribution < 1.29 is 4.79 Å². The van der Waals surface area contributed by atoms with Crippen LogP contribution in [-0.4, -0.2) is 17.8 Å². The lowest BCUT2D eigenvalue weighted by Crippen LogP contribution is -2.01. The van der Waals surface area contributed by atoms with E-state index in [1.807, 2.05) is 18.4 Å². The standard InChI is InChI=1S/C14H20OS/c1-4-11(2)12-5-7-13(8-6-12)14(15)9-10-16-3/h5-8,11H,4,9-10H2,1-3H3. The lowest BCUT2D eigenvalue weighted by molar-refractivity contribution is 0.0989. The second-order valence-corrected chi connectivity index (χ2v) is 5.08. The maximum absolute atomic E-state index is 11.7. The van der Waals surface area contributed by atoms with Gasteiger partial charge in [0.1, 0.15) is 0 Å². The lowest BCUT2D eigenvalue weighted by atomic mass is 9.96. The van der Waals surface area contributed by atoms with E-state index in [0.717, 1.165) is 17.7 Å². The number of hydrogen-bond acceptors (Lipinski definition) is 2. The molecule has 0 amide bonds. The fourth-order valence-corrected chi connectivity index (χ4v) is 1.96. The number of carbonyl (C=O) groups excluding carboxylic acids is 1. The Morgan fingerprint density at radius 2 is 1.94 bits per heavy atom. The maximum Gasteiger partial charge on any atom is 0.163 e. The summed E-state index contributed by atoms with van der Waals surface area (Å²) in [5.74, 6) is 1.74. The summed E-state index contributed by atoms with van der Waals surface area (Å²) in [6, 6.07) is 8.09. The molecule has 1 atom stereocenters. The molecule has 1 aromatic carbocycles. The van der Waals surface area contributed by atoms with Crippen LogP contribution in [-0.2, 0) is 0 Å². The minimum atomic E-state index is 0.255. The fourth-order valence-electron chi connectivity index (χ4n) is 1.57. The quantitative estimate of drug-likeness (QED) is 0.691. The smallest absolute Gasteiger partial charge is 0.163 e. The zero-order valence-electron chi connectivity index (χ0n) is 10.3. The van der Waals surface area contributed by atoms with Gasteiger partial charge in [0.2, 0.25) is 0 Å². The summed E-state index contributed by atoms with van der Waals surface area (Å²) in [6.07, 6.45) is 3.81. The van der Waals surface area contributed by atoms with Crippen LogP contribution in [0.4, 0.5) is 0 Å². The van der Waals surface area contributed by atoms with Crippen LogP contribution in [0.1, 0.15) is 48.5 Å². The molecule has 2 heteroatoms. The van der Waals surface area contributed by atoms with Crippen LogP contribution in [0.5, 0.6) is 0 Å². The van der Waals surface area contributed by atoms with Gasteiger partial charge < -0.3 is 0 Å². The Kier molecular flexibility index (Phi) is 5.61. The molecule has 0 fully saturated rings. The number of carbonyl (C=O) groups is 1. The molecule has 1 rings (SSSR count). The molecule has 0 bridgehead atoms. The van der Waals surface area contributed by atoms with E-state index in [0.29, 0.717) is 12.3 Å². The molecule has 0 N–H and O–H groups in total. The van der Waals surface area contributed by atoms with E-state index in [1.165, 1.54) is 5.56 Å². The SMILES string of the molecule is CCC(C)c1ccc(C(=O)CCSC)cc1. The van der Waals surface area contributed by atoms with Crippen LogP contribution >= 0.6 is 11.8 Å². The Hall–Kier alpha value is -0.760. The van der Waals surface area contributed by atoms with Crippen LogP contribution in [0.15, 0.2) is 24.3 Å². The zero-order chi connectivity index (χ0) is 12.0. The highest BCUT2D eigenvalue weighted by Crippen LogP contribution is 2.19. The lowest BCUT2D eigenvalue weighted by Gasteiger charge is -2.09. The topological polar surface area (TPSA) is 17.1 Å². The predicted octanol–water partition coefficient (Wildman–Crippen LogP) is 4.14. The summed E-state index contributed by atoms with van der Waals surface area (Å²) in [6.45, 7) is 4.40. The van der Waals surface area contributed by atoms with Crippen molar-refractivity contribution in [3.8, 4) is 0 Å². The van der Waals surface area contributed by atoms with E-state index in [2.05, 4.69) is 26.0 Å². The highest BCUT2D eigenvalue weighted by molar-refractivity contribution is 7.98. The first-order valence-electron chi connectivity index (χ1n) is 5.81. The van der Waals surface area contributed by atoms with Crippen LogP contribution in [0.2, 0.25) is 0 Å². The first kappa shape index (κ1) is 13.3. The average Bonchev–Trinajstić information content (AvgIpc) is 2.35. The molecule has 88 valence electrons.